The fourth-order valence-electron chi connectivity index (χ4n) is 2.89. The molecule has 28 heavy (non-hydrogen) atoms. The molecule has 0 saturated carbocycles. The molecule has 0 spiro atoms. The number of benzene rings is 3. The Morgan fingerprint density at radius 2 is 1.61 bits per heavy atom. The lowest BCUT2D eigenvalue weighted by molar-refractivity contribution is -0.124. The van der Waals surface area contributed by atoms with Crippen LogP contribution in [0.5, 0.6) is 5.75 Å². The van der Waals surface area contributed by atoms with Crippen LogP contribution in [-0.2, 0) is 11.3 Å². The average molecular weight is 392 g/mol. The molecule has 3 rings (SSSR count). The third-order valence-corrected chi connectivity index (χ3v) is 4.67. The van der Waals surface area contributed by atoms with E-state index in [0.717, 1.165) is 22.4 Å². The van der Waals surface area contributed by atoms with Crippen LogP contribution in [-0.4, -0.2) is 25.0 Å². The molecule has 1 amide bonds. The van der Waals surface area contributed by atoms with Gasteiger partial charge in [-0.3, -0.25) is 4.79 Å². The van der Waals surface area contributed by atoms with Crippen molar-refractivity contribution in [3.63, 3.8) is 0 Å². The van der Waals surface area contributed by atoms with Crippen LogP contribution in [0.25, 0.3) is 11.6 Å². The third-order valence-electron chi connectivity index (χ3n) is 4.42. The number of nitrogens with zero attached hydrogens (tertiary/aromatic N) is 1. The maximum atomic E-state index is 13.2. The van der Waals surface area contributed by atoms with Crippen LogP contribution < -0.4 is 4.74 Å². The summed E-state index contributed by atoms with van der Waals surface area (Å²) in [7, 11) is 3.44. The predicted molar refractivity (Wildman–Crippen MR) is 115 cm³/mol. The molecule has 0 atom stereocenters. The number of halogens is 1. The quantitative estimate of drug-likeness (QED) is 0.407. The van der Waals surface area contributed by atoms with Crippen molar-refractivity contribution in [2.45, 2.75) is 6.54 Å². The zero-order valence-electron chi connectivity index (χ0n) is 15.9. The first-order valence-corrected chi connectivity index (χ1v) is 9.35. The first kappa shape index (κ1) is 19.7. The summed E-state index contributed by atoms with van der Waals surface area (Å²) in [4.78, 5) is 15.0. The second kappa shape index (κ2) is 9.25. The summed E-state index contributed by atoms with van der Waals surface area (Å²) in [5.41, 5.74) is 3.48. The van der Waals surface area contributed by atoms with Crippen LogP contribution in [0.15, 0.2) is 78.9 Å². The number of hydrogen-bond acceptors (Lipinski definition) is 2. The molecule has 0 heterocycles. The number of carbonyl (C=O) groups excluding carboxylic acids is 1. The summed E-state index contributed by atoms with van der Waals surface area (Å²) in [5.74, 6) is 0.738. The Labute approximate surface area is 170 Å². The molecule has 0 aliphatic rings. The van der Waals surface area contributed by atoms with Crippen molar-refractivity contribution in [2.24, 2.45) is 0 Å². The summed E-state index contributed by atoms with van der Waals surface area (Å²) in [6, 6.07) is 24.9. The average Bonchev–Trinajstić information content (AvgIpc) is 2.74. The van der Waals surface area contributed by atoms with Crippen LogP contribution in [0.2, 0.25) is 5.02 Å². The number of hydrogen-bond donors (Lipinski definition) is 0. The standard InChI is InChI=1S/C24H22ClNO2/c1-26(17-19-8-12-21(25)13-9-19)24(27)23(20-6-4-3-5-7-20)16-18-10-14-22(28-2)15-11-18/h3-16H,17H2,1-2H3/b23-16+. The Balaban J connectivity index is 1.90. The lowest BCUT2D eigenvalue weighted by Gasteiger charge is -2.20. The van der Waals surface area contributed by atoms with Crippen molar-refractivity contribution in [1.29, 1.82) is 0 Å². The van der Waals surface area contributed by atoms with Gasteiger partial charge in [0.05, 0.1) is 7.11 Å². The van der Waals surface area contributed by atoms with Gasteiger partial charge in [-0.1, -0.05) is 66.2 Å². The number of rotatable bonds is 6. The summed E-state index contributed by atoms with van der Waals surface area (Å²) in [5, 5.41) is 0.683. The number of carbonyl (C=O) groups is 1. The Hall–Kier alpha value is -3.04. The minimum Gasteiger partial charge on any atom is -0.497 e. The molecule has 3 nitrogen and oxygen atoms in total. The van der Waals surface area contributed by atoms with E-state index in [-0.39, 0.29) is 5.91 Å². The van der Waals surface area contributed by atoms with Gasteiger partial charge < -0.3 is 9.64 Å². The van der Waals surface area contributed by atoms with Gasteiger partial charge in [-0.25, -0.2) is 0 Å². The molecule has 0 fully saturated rings. The van der Waals surface area contributed by atoms with Crippen molar-refractivity contribution >= 4 is 29.2 Å². The Morgan fingerprint density at radius 3 is 2.21 bits per heavy atom. The van der Waals surface area contributed by atoms with Gasteiger partial charge in [0.1, 0.15) is 5.75 Å². The van der Waals surface area contributed by atoms with Gasteiger partial charge in [0, 0.05) is 24.2 Å². The Morgan fingerprint density at radius 1 is 0.964 bits per heavy atom. The van der Waals surface area contributed by atoms with E-state index in [1.165, 1.54) is 0 Å². The summed E-state index contributed by atoms with van der Waals surface area (Å²) >= 11 is 5.95. The molecule has 3 aromatic rings. The van der Waals surface area contributed by atoms with E-state index in [1.807, 2.05) is 92.0 Å². The molecule has 0 N–H and O–H groups in total. The van der Waals surface area contributed by atoms with Crippen LogP contribution >= 0.6 is 11.6 Å². The number of methoxy groups -OCH3 is 1. The normalized spacial score (nSPS) is 11.2. The van der Waals surface area contributed by atoms with E-state index in [9.17, 15) is 4.79 Å². The lowest BCUT2D eigenvalue weighted by Crippen LogP contribution is -2.27. The fourth-order valence-corrected chi connectivity index (χ4v) is 3.02. The van der Waals surface area contributed by atoms with Crippen molar-refractivity contribution in [2.75, 3.05) is 14.2 Å². The molecule has 3 aromatic carbocycles. The fraction of sp³-hybridized carbons (Fsp3) is 0.125. The highest BCUT2D eigenvalue weighted by molar-refractivity contribution is 6.30. The predicted octanol–water partition coefficient (Wildman–Crippen LogP) is 5.55. The summed E-state index contributed by atoms with van der Waals surface area (Å²) < 4.78 is 5.21. The van der Waals surface area contributed by atoms with Crippen molar-refractivity contribution < 1.29 is 9.53 Å². The van der Waals surface area contributed by atoms with Gasteiger partial charge in [-0.05, 0) is 47.0 Å². The summed E-state index contributed by atoms with van der Waals surface area (Å²) in [6.07, 6.45) is 1.91. The molecule has 0 radical (unpaired) electrons. The van der Waals surface area contributed by atoms with Crippen molar-refractivity contribution in [1.82, 2.24) is 4.90 Å². The lowest BCUT2D eigenvalue weighted by atomic mass is 10.0. The van der Waals surface area contributed by atoms with E-state index in [4.69, 9.17) is 16.3 Å². The van der Waals surface area contributed by atoms with Gasteiger partial charge in [0.2, 0.25) is 0 Å². The molecule has 142 valence electrons. The largest absolute Gasteiger partial charge is 0.497 e. The van der Waals surface area contributed by atoms with Crippen LogP contribution in [0.1, 0.15) is 16.7 Å². The van der Waals surface area contributed by atoms with Gasteiger partial charge in [-0.15, -0.1) is 0 Å². The smallest absolute Gasteiger partial charge is 0.254 e. The van der Waals surface area contributed by atoms with Gasteiger partial charge in [0.15, 0.2) is 0 Å². The molecule has 0 aromatic heterocycles. The van der Waals surface area contributed by atoms with E-state index < -0.39 is 0 Å². The molecule has 0 aliphatic heterocycles. The van der Waals surface area contributed by atoms with E-state index in [1.54, 1.807) is 12.0 Å². The van der Waals surface area contributed by atoms with E-state index in [2.05, 4.69) is 0 Å². The zero-order chi connectivity index (χ0) is 19.9. The highest BCUT2D eigenvalue weighted by Crippen LogP contribution is 2.23. The van der Waals surface area contributed by atoms with Crippen molar-refractivity contribution in [3.05, 3.63) is 101 Å². The SMILES string of the molecule is COc1ccc(/C=C(/C(=O)N(C)Cc2ccc(Cl)cc2)c2ccccc2)cc1. The number of ether oxygens (including phenoxy) is 1. The van der Waals surface area contributed by atoms with Gasteiger partial charge in [0.25, 0.3) is 5.91 Å². The topological polar surface area (TPSA) is 29.5 Å². The zero-order valence-corrected chi connectivity index (χ0v) is 16.7. The Kier molecular flexibility index (Phi) is 6.51. The van der Waals surface area contributed by atoms with Crippen LogP contribution in [0.4, 0.5) is 0 Å². The van der Waals surface area contributed by atoms with Gasteiger partial charge in [-0.2, -0.15) is 0 Å². The second-order valence-corrected chi connectivity index (χ2v) is 6.92. The third kappa shape index (κ3) is 5.02. The minimum absolute atomic E-state index is 0.0445. The van der Waals surface area contributed by atoms with Crippen LogP contribution in [0.3, 0.4) is 0 Å². The molecule has 0 bridgehead atoms. The summed E-state index contributed by atoms with van der Waals surface area (Å²) in [6.45, 7) is 0.503. The van der Waals surface area contributed by atoms with E-state index >= 15 is 0 Å². The minimum atomic E-state index is -0.0445. The first-order valence-electron chi connectivity index (χ1n) is 8.98. The highest BCUT2D eigenvalue weighted by atomic mass is 35.5. The van der Waals surface area contributed by atoms with Crippen LogP contribution in [0, 0.1) is 0 Å². The molecule has 0 saturated heterocycles. The maximum Gasteiger partial charge on any atom is 0.254 e. The monoisotopic (exact) mass is 391 g/mol. The molecular formula is C24H22ClNO2. The van der Waals surface area contributed by atoms with Crippen molar-refractivity contribution in [3.8, 4) is 5.75 Å². The number of amides is 1. The number of likely N-dealkylation sites (N-methyl/N-ethyl adjacent to an activating group) is 1. The first-order chi connectivity index (χ1) is 13.6. The highest BCUT2D eigenvalue weighted by Gasteiger charge is 2.17. The molecule has 0 aliphatic carbocycles. The molecule has 0 unspecified atom stereocenters. The van der Waals surface area contributed by atoms with E-state index in [0.29, 0.717) is 17.1 Å². The van der Waals surface area contributed by atoms with Gasteiger partial charge >= 0.3 is 0 Å². The molecule has 4 heteroatoms. The molecular weight excluding hydrogens is 370 g/mol. The Bertz CT molecular complexity index is 948. The second-order valence-electron chi connectivity index (χ2n) is 6.48. The maximum absolute atomic E-state index is 13.2.